The lowest BCUT2D eigenvalue weighted by atomic mass is 9.95. The van der Waals surface area contributed by atoms with E-state index in [9.17, 15) is 0 Å². The van der Waals surface area contributed by atoms with Gasteiger partial charge in [0.1, 0.15) is 0 Å². The molecule has 4 heteroatoms. The van der Waals surface area contributed by atoms with Crippen LogP contribution in [0, 0.1) is 0 Å². The van der Waals surface area contributed by atoms with Gasteiger partial charge in [-0.3, -0.25) is 9.98 Å². The van der Waals surface area contributed by atoms with Gasteiger partial charge in [0.05, 0.1) is 5.71 Å². The van der Waals surface area contributed by atoms with Crippen molar-refractivity contribution in [2.24, 2.45) is 4.99 Å². The Morgan fingerprint density at radius 2 is 1.85 bits per heavy atom. The molecule has 0 N–H and O–H groups in total. The molecule has 0 aliphatic carbocycles. The number of hydrogen-bond donors (Lipinski definition) is 0. The van der Waals surface area contributed by atoms with Crippen LogP contribution in [-0.4, -0.2) is 55.4 Å². The topological polar surface area (TPSA) is 31.7 Å². The molecule has 1 aromatic heterocycles. The zero-order chi connectivity index (χ0) is 18.5. The number of allylic oxidation sites excluding steroid dienone is 1. The number of aromatic nitrogens is 1. The van der Waals surface area contributed by atoms with E-state index in [0.717, 1.165) is 50.3 Å². The van der Waals surface area contributed by atoms with Gasteiger partial charge in [-0.15, -0.1) is 0 Å². The van der Waals surface area contributed by atoms with Crippen molar-refractivity contribution in [2.45, 2.75) is 19.3 Å². The van der Waals surface area contributed by atoms with Crippen LogP contribution in [0.1, 0.15) is 30.4 Å². The highest BCUT2D eigenvalue weighted by Crippen LogP contribution is 2.23. The van der Waals surface area contributed by atoms with Crippen molar-refractivity contribution in [3.8, 4) is 0 Å². The predicted molar refractivity (Wildman–Crippen MR) is 114 cm³/mol. The molecular formula is C23H28N4. The van der Waals surface area contributed by atoms with Gasteiger partial charge in [-0.25, -0.2) is 0 Å². The van der Waals surface area contributed by atoms with Gasteiger partial charge in [0.2, 0.25) is 0 Å². The zero-order valence-electron chi connectivity index (χ0n) is 16.1. The number of aliphatic imine (C=N–C) groups is 1. The number of likely N-dealkylation sites (N-methyl/N-ethyl adjacent to an activating group) is 1. The molecular weight excluding hydrogens is 332 g/mol. The maximum Gasteiger partial charge on any atom is 0.0694 e. The molecule has 0 saturated carbocycles. The van der Waals surface area contributed by atoms with E-state index in [0.29, 0.717) is 0 Å². The van der Waals surface area contributed by atoms with Gasteiger partial charge in [0, 0.05) is 49.8 Å². The molecule has 1 aromatic carbocycles. The first-order chi connectivity index (χ1) is 13.3. The molecule has 0 atom stereocenters. The van der Waals surface area contributed by atoms with Crippen molar-refractivity contribution in [3.05, 3.63) is 65.5 Å². The molecule has 0 bridgehead atoms. The Morgan fingerprint density at radius 1 is 0.963 bits per heavy atom. The van der Waals surface area contributed by atoms with Crippen molar-refractivity contribution in [1.29, 1.82) is 0 Å². The summed E-state index contributed by atoms with van der Waals surface area (Å²) in [6, 6.07) is 13.1. The molecule has 4 rings (SSSR count). The third-order valence-electron chi connectivity index (χ3n) is 5.43. The second-order valence-electron chi connectivity index (χ2n) is 7.48. The monoisotopic (exact) mass is 360 g/mol. The predicted octanol–water partition coefficient (Wildman–Crippen LogP) is 3.89. The van der Waals surface area contributed by atoms with Crippen LogP contribution in [0.15, 0.2) is 59.4 Å². The van der Waals surface area contributed by atoms with E-state index in [2.05, 4.69) is 58.2 Å². The van der Waals surface area contributed by atoms with Crippen molar-refractivity contribution >= 4 is 17.5 Å². The van der Waals surface area contributed by atoms with Gasteiger partial charge in [0.25, 0.3) is 0 Å². The molecule has 4 nitrogen and oxygen atoms in total. The zero-order valence-corrected chi connectivity index (χ0v) is 16.1. The lowest BCUT2D eigenvalue weighted by Gasteiger charge is -2.23. The Bertz CT molecular complexity index is 808. The van der Waals surface area contributed by atoms with Crippen LogP contribution >= 0.6 is 0 Å². The number of hydrogen-bond acceptors (Lipinski definition) is 4. The first-order valence-electron chi connectivity index (χ1n) is 9.99. The van der Waals surface area contributed by atoms with Crippen LogP contribution in [-0.2, 0) is 0 Å². The van der Waals surface area contributed by atoms with Gasteiger partial charge in [-0.05, 0) is 74.3 Å². The first-order valence-corrected chi connectivity index (χ1v) is 9.99. The van der Waals surface area contributed by atoms with E-state index in [-0.39, 0.29) is 0 Å². The highest BCUT2D eigenvalue weighted by atomic mass is 15.2. The fourth-order valence-electron chi connectivity index (χ4n) is 3.89. The van der Waals surface area contributed by atoms with E-state index >= 15 is 0 Å². The average Bonchev–Trinajstić information content (AvgIpc) is 2.94. The summed E-state index contributed by atoms with van der Waals surface area (Å²) in [5.74, 6) is 0. The second kappa shape index (κ2) is 8.49. The maximum absolute atomic E-state index is 4.78. The van der Waals surface area contributed by atoms with Crippen molar-refractivity contribution in [3.63, 3.8) is 0 Å². The van der Waals surface area contributed by atoms with E-state index in [1.807, 2.05) is 18.5 Å². The summed E-state index contributed by atoms with van der Waals surface area (Å²) in [6.45, 7) is 5.48. The van der Waals surface area contributed by atoms with Gasteiger partial charge in [-0.2, -0.15) is 0 Å². The fourth-order valence-corrected chi connectivity index (χ4v) is 3.89. The quantitative estimate of drug-likeness (QED) is 0.832. The summed E-state index contributed by atoms with van der Waals surface area (Å²) in [4.78, 5) is 14.0. The number of benzene rings is 1. The SMILES string of the molecule is CN1CCCN(c2ccc(/C=C3\CCCN=C3c3cccnc3)cc2)CC1. The minimum atomic E-state index is 0.907. The fraction of sp³-hybridized carbons (Fsp3) is 0.391. The van der Waals surface area contributed by atoms with Gasteiger partial charge in [0.15, 0.2) is 0 Å². The van der Waals surface area contributed by atoms with Crippen molar-refractivity contribution in [2.75, 3.05) is 44.7 Å². The Labute approximate surface area is 162 Å². The van der Waals surface area contributed by atoms with Gasteiger partial charge in [-0.1, -0.05) is 12.1 Å². The normalized spacial score (nSPS) is 20.4. The summed E-state index contributed by atoms with van der Waals surface area (Å²) in [7, 11) is 2.21. The molecule has 3 heterocycles. The molecule has 2 aromatic rings. The Kier molecular flexibility index (Phi) is 5.64. The lowest BCUT2D eigenvalue weighted by Crippen LogP contribution is -2.28. The molecule has 0 unspecified atom stereocenters. The van der Waals surface area contributed by atoms with E-state index in [1.54, 1.807) is 0 Å². The Balaban J connectivity index is 1.53. The minimum Gasteiger partial charge on any atom is -0.370 e. The molecule has 140 valence electrons. The molecule has 2 aliphatic heterocycles. The summed E-state index contributed by atoms with van der Waals surface area (Å²) < 4.78 is 0. The average molecular weight is 361 g/mol. The summed E-state index contributed by atoms with van der Waals surface area (Å²) >= 11 is 0. The van der Waals surface area contributed by atoms with E-state index in [4.69, 9.17) is 4.99 Å². The summed E-state index contributed by atoms with van der Waals surface area (Å²) in [5.41, 5.74) is 6.12. The maximum atomic E-state index is 4.78. The van der Waals surface area contributed by atoms with Crippen LogP contribution in [0.2, 0.25) is 0 Å². The van der Waals surface area contributed by atoms with Crippen LogP contribution in [0.4, 0.5) is 5.69 Å². The highest BCUT2D eigenvalue weighted by molar-refractivity contribution is 6.15. The molecule has 0 radical (unpaired) electrons. The Morgan fingerprint density at radius 3 is 2.67 bits per heavy atom. The molecule has 2 aliphatic rings. The standard InChI is InChI=1S/C23H28N4/c1-26-13-4-14-27(16-15-26)22-9-7-19(8-10-22)17-20-5-3-12-25-23(20)21-6-2-11-24-18-21/h2,6-11,17-18H,3-5,12-16H2,1H3/b20-17+. The van der Waals surface area contributed by atoms with Crippen LogP contribution in [0.25, 0.3) is 6.08 Å². The lowest BCUT2D eigenvalue weighted by molar-refractivity contribution is 0.360. The number of anilines is 1. The van der Waals surface area contributed by atoms with E-state index in [1.165, 1.54) is 29.8 Å². The van der Waals surface area contributed by atoms with Crippen LogP contribution in [0.3, 0.4) is 0 Å². The number of pyridine rings is 1. The molecule has 0 spiro atoms. The van der Waals surface area contributed by atoms with Crippen LogP contribution in [0.5, 0.6) is 0 Å². The smallest absolute Gasteiger partial charge is 0.0694 e. The Hall–Kier alpha value is -2.46. The number of nitrogens with zero attached hydrogens (tertiary/aromatic N) is 4. The molecule has 27 heavy (non-hydrogen) atoms. The minimum absolute atomic E-state index is 0.907. The van der Waals surface area contributed by atoms with Crippen LogP contribution < -0.4 is 4.90 Å². The third-order valence-corrected chi connectivity index (χ3v) is 5.43. The second-order valence-corrected chi connectivity index (χ2v) is 7.48. The largest absolute Gasteiger partial charge is 0.370 e. The van der Waals surface area contributed by atoms with Crippen molar-refractivity contribution < 1.29 is 0 Å². The molecule has 0 amide bonds. The molecule has 1 saturated heterocycles. The van der Waals surface area contributed by atoms with Gasteiger partial charge >= 0.3 is 0 Å². The van der Waals surface area contributed by atoms with E-state index < -0.39 is 0 Å². The third kappa shape index (κ3) is 4.45. The summed E-state index contributed by atoms with van der Waals surface area (Å²) in [5, 5.41) is 0. The number of rotatable bonds is 3. The summed E-state index contributed by atoms with van der Waals surface area (Å²) in [6.07, 6.45) is 9.45. The highest BCUT2D eigenvalue weighted by Gasteiger charge is 2.15. The first kappa shape index (κ1) is 17.9. The molecule has 1 fully saturated rings. The van der Waals surface area contributed by atoms with Crippen molar-refractivity contribution in [1.82, 2.24) is 9.88 Å². The van der Waals surface area contributed by atoms with Gasteiger partial charge < -0.3 is 9.80 Å².